The largest absolute Gasteiger partial charge is 0.476 e. The first-order valence-corrected chi connectivity index (χ1v) is 8.42. The summed E-state index contributed by atoms with van der Waals surface area (Å²) in [6.45, 7) is 0. The van der Waals surface area contributed by atoms with Gasteiger partial charge in [-0.05, 0) is 18.9 Å². The number of carboxylic acids is 1. The smallest absolute Gasteiger partial charge is 0.356 e. The Morgan fingerprint density at radius 2 is 1.83 bits per heavy atom. The van der Waals surface area contributed by atoms with Crippen LogP contribution in [-0.2, 0) is 0 Å². The molecule has 0 unspecified atom stereocenters. The van der Waals surface area contributed by atoms with E-state index in [2.05, 4.69) is 16.1 Å². The lowest BCUT2D eigenvalue weighted by atomic mass is 9.86. The van der Waals surface area contributed by atoms with Crippen LogP contribution in [-0.4, -0.2) is 25.7 Å². The Morgan fingerprint density at radius 3 is 2.54 bits per heavy atom. The monoisotopic (exact) mass is 321 g/mol. The van der Waals surface area contributed by atoms with Crippen molar-refractivity contribution in [2.75, 3.05) is 0 Å². The van der Waals surface area contributed by atoms with Crippen LogP contribution in [0.25, 0.3) is 16.9 Å². The highest BCUT2D eigenvalue weighted by molar-refractivity contribution is 5.86. The van der Waals surface area contributed by atoms with Crippen molar-refractivity contribution in [3.63, 3.8) is 0 Å². The second kappa shape index (κ2) is 6.07. The van der Waals surface area contributed by atoms with E-state index in [0.29, 0.717) is 11.6 Å². The highest BCUT2D eigenvalue weighted by atomic mass is 16.4. The first kappa shape index (κ1) is 14.9. The Bertz CT molecular complexity index is 880. The van der Waals surface area contributed by atoms with Crippen molar-refractivity contribution < 1.29 is 9.90 Å². The number of rotatable bonds is 3. The quantitative estimate of drug-likeness (QED) is 0.787. The Labute approximate surface area is 140 Å². The van der Waals surface area contributed by atoms with Crippen LogP contribution < -0.4 is 0 Å². The van der Waals surface area contributed by atoms with Gasteiger partial charge in [-0.1, -0.05) is 49.6 Å². The molecule has 0 radical (unpaired) electrons. The van der Waals surface area contributed by atoms with E-state index in [0.717, 1.165) is 29.8 Å². The number of aromatic nitrogens is 3. The summed E-state index contributed by atoms with van der Waals surface area (Å²) in [5, 5.41) is 13.5. The molecule has 4 rings (SSSR count). The molecule has 122 valence electrons. The molecule has 24 heavy (non-hydrogen) atoms. The standard InChI is InChI=1S/C19H19N3O2/c23-19(24)16-12-18-20-15(13-7-3-1-4-8-13)11-17(22(18)21-16)14-9-5-2-6-10-14/h1,3-4,7-8,11-12,14H,2,5-6,9-10H2,(H,23,24). The molecule has 1 aliphatic carbocycles. The maximum Gasteiger partial charge on any atom is 0.356 e. The molecule has 0 aliphatic heterocycles. The molecular weight excluding hydrogens is 302 g/mol. The van der Waals surface area contributed by atoms with Crippen LogP contribution in [0.3, 0.4) is 0 Å². The third-order valence-electron chi connectivity index (χ3n) is 4.77. The van der Waals surface area contributed by atoms with E-state index < -0.39 is 5.97 Å². The Kier molecular flexibility index (Phi) is 3.76. The molecule has 1 aliphatic rings. The number of benzene rings is 1. The van der Waals surface area contributed by atoms with E-state index in [1.807, 2.05) is 30.3 Å². The summed E-state index contributed by atoms with van der Waals surface area (Å²) < 4.78 is 1.73. The number of aromatic carboxylic acids is 1. The van der Waals surface area contributed by atoms with Gasteiger partial charge in [0.2, 0.25) is 0 Å². The molecular formula is C19H19N3O2. The molecule has 2 heterocycles. The Morgan fingerprint density at radius 1 is 1.08 bits per heavy atom. The van der Waals surface area contributed by atoms with Gasteiger partial charge in [-0.25, -0.2) is 14.3 Å². The topological polar surface area (TPSA) is 67.5 Å². The molecule has 5 heteroatoms. The predicted molar refractivity (Wildman–Crippen MR) is 91.2 cm³/mol. The van der Waals surface area contributed by atoms with Gasteiger partial charge in [0.05, 0.1) is 5.69 Å². The lowest BCUT2D eigenvalue weighted by Crippen LogP contribution is -2.11. The molecule has 3 aromatic rings. The summed E-state index contributed by atoms with van der Waals surface area (Å²) in [7, 11) is 0. The van der Waals surface area contributed by atoms with Gasteiger partial charge >= 0.3 is 5.97 Å². The van der Waals surface area contributed by atoms with Crippen molar-refractivity contribution in [2.45, 2.75) is 38.0 Å². The van der Waals surface area contributed by atoms with Crippen molar-refractivity contribution in [1.29, 1.82) is 0 Å². The van der Waals surface area contributed by atoms with Gasteiger partial charge < -0.3 is 5.11 Å². The molecule has 0 amide bonds. The summed E-state index contributed by atoms with van der Waals surface area (Å²) in [6, 6.07) is 13.6. The minimum Gasteiger partial charge on any atom is -0.476 e. The normalized spacial score (nSPS) is 15.7. The van der Waals surface area contributed by atoms with Crippen molar-refractivity contribution in [3.8, 4) is 11.3 Å². The van der Waals surface area contributed by atoms with Crippen molar-refractivity contribution in [1.82, 2.24) is 14.6 Å². The first-order valence-electron chi connectivity index (χ1n) is 8.42. The van der Waals surface area contributed by atoms with Gasteiger partial charge in [0, 0.05) is 23.2 Å². The molecule has 0 bridgehead atoms. The summed E-state index contributed by atoms with van der Waals surface area (Å²) >= 11 is 0. The summed E-state index contributed by atoms with van der Waals surface area (Å²) in [6.07, 6.45) is 5.94. The maximum atomic E-state index is 11.3. The van der Waals surface area contributed by atoms with Crippen LogP contribution >= 0.6 is 0 Å². The van der Waals surface area contributed by atoms with E-state index >= 15 is 0 Å². The molecule has 2 aromatic heterocycles. The summed E-state index contributed by atoms with van der Waals surface area (Å²) in [5.74, 6) is -0.607. The number of carboxylic acid groups (broad SMARTS) is 1. The number of fused-ring (bicyclic) bond motifs is 1. The second-order valence-electron chi connectivity index (χ2n) is 6.37. The molecule has 0 atom stereocenters. The van der Waals surface area contributed by atoms with Crippen LogP contribution in [0, 0.1) is 0 Å². The molecule has 1 saturated carbocycles. The zero-order valence-corrected chi connectivity index (χ0v) is 13.4. The molecule has 5 nitrogen and oxygen atoms in total. The van der Waals surface area contributed by atoms with Gasteiger partial charge in [0.15, 0.2) is 11.3 Å². The van der Waals surface area contributed by atoms with Crippen LogP contribution in [0.4, 0.5) is 0 Å². The number of nitrogens with zero attached hydrogens (tertiary/aromatic N) is 3. The van der Waals surface area contributed by atoms with Gasteiger partial charge in [-0.15, -0.1) is 0 Å². The third kappa shape index (κ3) is 2.66. The number of hydrogen-bond donors (Lipinski definition) is 1. The minimum atomic E-state index is -1.02. The molecule has 0 saturated heterocycles. The van der Waals surface area contributed by atoms with Crippen LogP contribution in [0.5, 0.6) is 0 Å². The van der Waals surface area contributed by atoms with E-state index in [1.165, 1.54) is 19.3 Å². The molecule has 1 aromatic carbocycles. The van der Waals surface area contributed by atoms with Crippen LogP contribution in [0.2, 0.25) is 0 Å². The van der Waals surface area contributed by atoms with Gasteiger partial charge in [-0.3, -0.25) is 0 Å². The van der Waals surface area contributed by atoms with E-state index in [-0.39, 0.29) is 5.69 Å². The lowest BCUT2D eigenvalue weighted by molar-refractivity contribution is 0.0690. The Hall–Kier alpha value is -2.69. The maximum absolute atomic E-state index is 11.3. The zero-order chi connectivity index (χ0) is 16.5. The van der Waals surface area contributed by atoms with Gasteiger partial charge in [-0.2, -0.15) is 5.10 Å². The number of hydrogen-bond acceptors (Lipinski definition) is 3. The van der Waals surface area contributed by atoms with E-state index in [9.17, 15) is 9.90 Å². The second-order valence-corrected chi connectivity index (χ2v) is 6.37. The van der Waals surface area contributed by atoms with E-state index in [4.69, 9.17) is 0 Å². The van der Waals surface area contributed by atoms with Gasteiger partial charge in [0.25, 0.3) is 0 Å². The average molecular weight is 321 g/mol. The van der Waals surface area contributed by atoms with Gasteiger partial charge in [0.1, 0.15) is 0 Å². The van der Waals surface area contributed by atoms with Crippen molar-refractivity contribution >= 4 is 11.6 Å². The number of carbonyl (C=O) groups is 1. The lowest BCUT2D eigenvalue weighted by Gasteiger charge is -2.22. The summed E-state index contributed by atoms with van der Waals surface area (Å²) in [5.41, 5.74) is 3.64. The first-order chi connectivity index (χ1) is 11.7. The minimum absolute atomic E-state index is 0.0461. The summed E-state index contributed by atoms with van der Waals surface area (Å²) in [4.78, 5) is 16.0. The molecule has 1 fully saturated rings. The van der Waals surface area contributed by atoms with Crippen molar-refractivity contribution in [3.05, 3.63) is 53.9 Å². The van der Waals surface area contributed by atoms with Crippen LogP contribution in [0.15, 0.2) is 42.5 Å². The fraction of sp³-hybridized carbons (Fsp3) is 0.316. The fourth-order valence-corrected chi connectivity index (χ4v) is 3.55. The van der Waals surface area contributed by atoms with E-state index in [1.54, 1.807) is 10.6 Å². The van der Waals surface area contributed by atoms with Crippen molar-refractivity contribution in [2.24, 2.45) is 0 Å². The SMILES string of the molecule is O=C(O)c1cc2nc(-c3ccccc3)cc(C3CCCCC3)n2n1. The zero-order valence-electron chi connectivity index (χ0n) is 13.4. The fourth-order valence-electron chi connectivity index (χ4n) is 3.55. The highest BCUT2D eigenvalue weighted by Crippen LogP contribution is 2.34. The predicted octanol–water partition coefficient (Wildman–Crippen LogP) is 4.14. The van der Waals surface area contributed by atoms with Crippen LogP contribution in [0.1, 0.15) is 54.2 Å². The molecule has 0 spiro atoms. The molecule has 1 N–H and O–H groups in total. The third-order valence-corrected chi connectivity index (χ3v) is 4.77. The highest BCUT2D eigenvalue weighted by Gasteiger charge is 2.22. The average Bonchev–Trinajstić information content (AvgIpc) is 3.07. The Balaban J connectivity index is 1.90.